The maximum atomic E-state index is 10.8. The average molecular weight is 238 g/mol. The van der Waals surface area contributed by atoms with Crippen LogP contribution < -0.4 is 0 Å². The summed E-state index contributed by atoms with van der Waals surface area (Å²) >= 11 is 2.09. The maximum absolute atomic E-state index is 10.8. The second kappa shape index (κ2) is 3.77. The minimum atomic E-state index is -0.616. The van der Waals surface area contributed by atoms with Gasteiger partial charge in [0.15, 0.2) is 0 Å². The van der Waals surface area contributed by atoms with E-state index in [2.05, 4.69) is 16.9 Å². The predicted octanol–water partition coefficient (Wildman–Crippen LogP) is 2.06. The van der Waals surface area contributed by atoms with Crippen molar-refractivity contribution in [3.05, 3.63) is 18.0 Å². The van der Waals surface area contributed by atoms with E-state index < -0.39 is 5.60 Å². The first-order valence-electron chi connectivity index (χ1n) is 6.03. The standard InChI is InChI=1S/C12H18N2OS/c1-14-8-9(7-13-14)12(15)5-10-3-2-4-11(6-12)16-10/h7-8,10-11,15H,2-6H2,1H3. The maximum Gasteiger partial charge on any atom is 0.0947 e. The fourth-order valence-corrected chi connectivity index (χ4v) is 4.91. The Bertz CT molecular complexity index is 378. The zero-order valence-electron chi connectivity index (χ0n) is 9.59. The molecule has 2 fully saturated rings. The van der Waals surface area contributed by atoms with Crippen LogP contribution in [0.5, 0.6) is 0 Å². The molecule has 2 atom stereocenters. The van der Waals surface area contributed by atoms with Gasteiger partial charge in [0, 0.05) is 29.3 Å². The average Bonchev–Trinajstić information content (AvgIpc) is 2.64. The minimum Gasteiger partial charge on any atom is -0.385 e. The molecule has 1 aromatic heterocycles. The van der Waals surface area contributed by atoms with Gasteiger partial charge in [-0.2, -0.15) is 16.9 Å². The van der Waals surface area contributed by atoms with Crippen molar-refractivity contribution in [1.82, 2.24) is 9.78 Å². The second-order valence-electron chi connectivity index (χ2n) is 5.15. The molecular formula is C12H18N2OS. The van der Waals surface area contributed by atoms with Gasteiger partial charge in [0.2, 0.25) is 0 Å². The van der Waals surface area contributed by atoms with Gasteiger partial charge in [-0.3, -0.25) is 4.68 Å². The number of aromatic nitrogens is 2. The van der Waals surface area contributed by atoms with E-state index in [4.69, 9.17) is 0 Å². The van der Waals surface area contributed by atoms with Crippen LogP contribution in [0.25, 0.3) is 0 Å². The van der Waals surface area contributed by atoms with Crippen LogP contribution in [0.4, 0.5) is 0 Å². The van der Waals surface area contributed by atoms with Gasteiger partial charge in [0.1, 0.15) is 0 Å². The highest BCUT2D eigenvalue weighted by Gasteiger charge is 2.43. The van der Waals surface area contributed by atoms with Crippen LogP contribution in [0.15, 0.2) is 12.4 Å². The first-order chi connectivity index (χ1) is 7.66. The van der Waals surface area contributed by atoms with Gasteiger partial charge in [0.25, 0.3) is 0 Å². The van der Waals surface area contributed by atoms with Crippen molar-refractivity contribution in [3.8, 4) is 0 Å². The minimum absolute atomic E-state index is 0.616. The Labute approximate surface area is 100 Å². The van der Waals surface area contributed by atoms with E-state index in [1.165, 1.54) is 19.3 Å². The van der Waals surface area contributed by atoms with Gasteiger partial charge in [-0.15, -0.1) is 0 Å². The Balaban J connectivity index is 1.87. The molecule has 16 heavy (non-hydrogen) atoms. The highest BCUT2D eigenvalue weighted by molar-refractivity contribution is 8.00. The largest absolute Gasteiger partial charge is 0.385 e. The van der Waals surface area contributed by atoms with E-state index in [0.29, 0.717) is 10.5 Å². The smallest absolute Gasteiger partial charge is 0.0947 e. The van der Waals surface area contributed by atoms with E-state index >= 15 is 0 Å². The first kappa shape index (κ1) is 10.7. The summed E-state index contributed by atoms with van der Waals surface area (Å²) in [5.41, 5.74) is 0.391. The summed E-state index contributed by atoms with van der Waals surface area (Å²) in [6, 6.07) is 0. The quantitative estimate of drug-likeness (QED) is 0.814. The molecule has 88 valence electrons. The van der Waals surface area contributed by atoms with Gasteiger partial charge < -0.3 is 5.11 Å². The topological polar surface area (TPSA) is 38.0 Å². The number of thioether (sulfide) groups is 1. The van der Waals surface area contributed by atoms with Crippen molar-refractivity contribution >= 4 is 11.8 Å². The molecule has 3 nitrogen and oxygen atoms in total. The summed E-state index contributed by atoms with van der Waals surface area (Å²) in [6.07, 6.45) is 9.47. The lowest BCUT2D eigenvalue weighted by Crippen LogP contribution is -2.40. The van der Waals surface area contributed by atoms with Crippen molar-refractivity contribution in [2.75, 3.05) is 0 Å². The highest BCUT2D eigenvalue weighted by Crippen LogP contribution is 2.49. The molecule has 0 spiro atoms. The van der Waals surface area contributed by atoms with Gasteiger partial charge in [0.05, 0.1) is 11.8 Å². The van der Waals surface area contributed by atoms with Crippen molar-refractivity contribution < 1.29 is 5.11 Å². The lowest BCUT2D eigenvalue weighted by atomic mass is 9.82. The molecule has 2 aliphatic rings. The fourth-order valence-electron chi connectivity index (χ4n) is 3.02. The molecule has 0 aromatic carbocycles. The number of aliphatic hydroxyl groups is 1. The summed E-state index contributed by atoms with van der Waals surface area (Å²) in [4.78, 5) is 0. The van der Waals surface area contributed by atoms with E-state index in [1.54, 1.807) is 4.68 Å². The number of hydrogen-bond acceptors (Lipinski definition) is 3. The molecule has 2 unspecified atom stereocenters. The first-order valence-corrected chi connectivity index (χ1v) is 6.97. The highest BCUT2D eigenvalue weighted by atomic mass is 32.2. The van der Waals surface area contributed by atoms with Crippen molar-refractivity contribution in [2.24, 2.45) is 7.05 Å². The molecular weight excluding hydrogens is 220 g/mol. The van der Waals surface area contributed by atoms with E-state index in [1.807, 2.05) is 19.4 Å². The van der Waals surface area contributed by atoms with Crippen LogP contribution in [0, 0.1) is 0 Å². The van der Waals surface area contributed by atoms with Gasteiger partial charge in [-0.1, -0.05) is 6.42 Å². The van der Waals surface area contributed by atoms with Crippen LogP contribution in [0.1, 0.15) is 37.7 Å². The molecule has 0 radical (unpaired) electrons. The summed E-state index contributed by atoms with van der Waals surface area (Å²) in [6.45, 7) is 0. The Morgan fingerprint density at radius 2 is 2.12 bits per heavy atom. The lowest BCUT2D eigenvalue weighted by molar-refractivity contribution is 0.00807. The normalized spacial score (nSPS) is 38.6. The van der Waals surface area contributed by atoms with Crippen LogP contribution in [-0.2, 0) is 12.6 Å². The third-order valence-electron chi connectivity index (χ3n) is 3.81. The Hall–Kier alpha value is -0.480. The molecule has 1 N–H and O–H groups in total. The Kier molecular flexibility index (Phi) is 2.51. The SMILES string of the molecule is Cn1cc(C2(O)CC3CCCC(C2)S3)cn1. The zero-order valence-corrected chi connectivity index (χ0v) is 10.4. The lowest BCUT2D eigenvalue weighted by Gasteiger charge is -2.43. The summed E-state index contributed by atoms with van der Waals surface area (Å²) in [5.74, 6) is 0. The molecule has 0 saturated carbocycles. The van der Waals surface area contributed by atoms with E-state index in [0.717, 1.165) is 18.4 Å². The molecule has 0 amide bonds. The monoisotopic (exact) mass is 238 g/mol. The van der Waals surface area contributed by atoms with Crippen LogP contribution in [0.2, 0.25) is 0 Å². The van der Waals surface area contributed by atoms with Crippen LogP contribution >= 0.6 is 11.8 Å². The molecule has 3 rings (SSSR count). The third kappa shape index (κ3) is 1.78. The number of aryl methyl sites for hydroxylation is 1. The van der Waals surface area contributed by atoms with Crippen molar-refractivity contribution in [2.45, 2.75) is 48.2 Å². The van der Waals surface area contributed by atoms with Crippen LogP contribution in [-0.4, -0.2) is 25.4 Å². The molecule has 2 saturated heterocycles. The molecule has 4 heteroatoms. The van der Waals surface area contributed by atoms with Crippen LogP contribution in [0.3, 0.4) is 0 Å². The fraction of sp³-hybridized carbons (Fsp3) is 0.750. The number of rotatable bonds is 1. The Morgan fingerprint density at radius 1 is 1.44 bits per heavy atom. The van der Waals surface area contributed by atoms with Gasteiger partial charge >= 0.3 is 0 Å². The molecule has 2 aliphatic heterocycles. The molecule has 3 heterocycles. The van der Waals surface area contributed by atoms with E-state index in [-0.39, 0.29) is 0 Å². The molecule has 0 aliphatic carbocycles. The van der Waals surface area contributed by atoms with Gasteiger partial charge in [-0.05, 0) is 25.7 Å². The van der Waals surface area contributed by atoms with Crippen molar-refractivity contribution in [1.29, 1.82) is 0 Å². The molecule has 1 aromatic rings. The zero-order chi connectivity index (χ0) is 11.2. The summed E-state index contributed by atoms with van der Waals surface area (Å²) in [5, 5.41) is 16.3. The molecule has 2 bridgehead atoms. The predicted molar refractivity (Wildman–Crippen MR) is 65.4 cm³/mol. The number of fused-ring (bicyclic) bond motifs is 2. The number of nitrogens with zero attached hydrogens (tertiary/aromatic N) is 2. The summed E-state index contributed by atoms with van der Waals surface area (Å²) in [7, 11) is 1.91. The van der Waals surface area contributed by atoms with Crippen molar-refractivity contribution in [3.63, 3.8) is 0 Å². The van der Waals surface area contributed by atoms with E-state index in [9.17, 15) is 5.11 Å². The van der Waals surface area contributed by atoms with Gasteiger partial charge in [-0.25, -0.2) is 0 Å². The number of hydrogen-bond donors (Lipinski definition) is 1. The summed E-state index contributed by atoms with van der Waals surface area (Å²) < 4.78 is 1.78. The Morgan fingerprint density at radius 3 is 2.69 bits per heavy atom. The second-order valence-corrected chi connectivity index (χ2v) is 6.76. The third-order valence-corrected chi connectivity index (χ3v) is 5.38.